The van der Waals surface area contributed by atoms with Crippen LogP contribution in [-0.2, 0) is 4.74 Å². The normalized spacial score (nSPS) is 9.90. The molecule has 0 fully saturated rings. The SMILES string of the molecule is COCCCCCB(O)O. The quantitative estimate of drug-likeness (QED) is 0.417. The fourth-order valence-electron chi connectivity index (χ4n) is 0.750. The van der Waals surface area contributed by atoms with Gasteiger partial charge in [0, 0.05) is 13.7 Å². The molecule has 4 heteroatoms. The highest BCUT2D eigenvalue weighted by molar-refractivity contribution is 6.40. The van der Waals surface area contributed by atoms with Crippen molar-refractivity contribution in [1.29, 1.82) is 0 Å². The molecule has 0 amide bonds. The number of hydrogen-bond donors (Lipinski definition) is 2. The second-order valence-corrected chi connectivity index (χ2v) is 2.32. The van der Waals surface area contributed by atoms with Gasteiger partial charge in [0.15, 0.2) is 0 Å². The summed E-state index contributed by atoms with van der Waals surface area (Å²) in [5, 5.41) is 16.9. The third-order valence-electron chi connectivity index (χ3n) is 1.31. The van der Waals surface area contributed by atoms with Crippen LogP contribution in [0.5, 0.6) is 0 Å². The monoisotopic (exact) mass is 146 g/mol. The Labute approximate surface area is 62.2 Å². The van der Waals surface area contributed by atoms with Gasteiger partial charge in [0.2, 0.25) is 0 Å². The third-order valence-corrected chi connectivity index (χ3v) is 1.31. The van der Waals surface area contributed by atoms with Gasteiger partial charge in [-0.25, -0.2) is 0 Å². The molecule has 0 heterocycles. The molecule has 0 aromatic heterocycles. The molecule has 10 heavy (non-hydrogen) atoms. The van der Waals surface area contributed by atoms with Crippen LogP contribution in [0.1, 0.15) is 19.3 Å². The standard InChI is InChI=1S/C6H15BO3/c1-10-6-4-2-3-5-7(8)9/h8-9H,2-6H2,1H3. The average molecular weight is 146 g/mol. The van der Waals surface area contributed by atoms with E-state index in [0.29, 0.717) is 6.32 Å². The Morgan fingerprint density at radius 2 is 1.90 bits per heavy atom. The second-order valence-electron chi connectivity index (χ2n) is 2.32. The van der Waals surface area contributed by atoms with E-state index in [-0.39, 0.29) is 0 Å². The van der Waals surface area contributed by atoms with Crippen LogP contribution in [-0.4, -0.2) is 30.9 Å². The molecular formula is C6H15BO3. The fourth-order valence-corrected chi connectivity index (χ4v) is 0.750. The zero-order valence-electron chi connectivity index (χ0n) is 6.42. The fraction of sp³-hybridized carbons (Fsp3) is 1.00. The Morgan fingerprint density at radius 1 is 1.20 bits per heavy atom. The minimum atomic E-state index is -1.14. The van der Waals surface area contributed by atoms with Crippen molar-refractivity contribution in [1.82, 2.24) is 0 Å². The molecule has 0 bridgehead atoms. The lowest BCUT2D eigenvalue weighted by molar-refractivity contribution is 0.192. The van der Waals surface area contributed by atoms with Gasteiger partial charge < -0.3 is 14.8 Å². The summed E-state index contributed by atoms with van der Waals surface area (Å²) in [4.78, 5) is 0. The molecule has 0 spiro atoms. The second kappa shape index (κ2) is 7.06. The summed E-state index contributed by atoms with van der Waals surface area (Å²) in [5.74, 6) is 0. The maximum Gasteiger partial charge on any atom is 0.451 e. The van der Waals surface area contributed by atoms with Gasteiger partial charge in [-0.15, -0.1) is 0 Å². The maximum absolute atomic E-state index is 8.43. The van der Waals surface area contributed by atoms with Gasteiger partial charge in [-0.05, 0) is 12.7 Å². The van der Waals surface area contributed by atoms with Gasteiger partial charge in [-0.2, -0.15) is 0 Å². The Balaban J connectivity index is 2.77. The van der Waals surface area contributed by atoms with E-state index in [1.165, 1.54) is 0 Å². The Morgan fingerprint density at radius 3 is 2.40 bits per heavy atom. The summed E-state index contributed by atoms with van der Waals surface area (Å²) in [7, 11) is 0.531. The summed E-state index contributed by atoms with van der Waals surface area (Å²) in [5.41, 5.74) is 0. The van der Waals surface area contributed by atoms with Crippen LogP contribution < -0.4 is 0 Å². The lowest BCUT2D eigenvalue weighted by atomic mass is 9.83. The third kappa shape index (κ3) is 7.94. The van der Waals surface area contributed by atoms with E-state index in [2.05, 4.69) is 0 Å². The summed E-state index contributed by atoms with van der Waals surface area (Å²) in [6.07, 6.45) is 3.35. The summed E-state index contributed by atoms with van der Waals surface area (Å²) < 4.78 is 4.82. The largest absolute Gasteiger partial charge is 0.451 e. The Kier molecular flexibility index (Phi) is 7.02. The molecule has 3 nitrogen and oxygen atoms in total. The van der Waals surface area contributed by atoms with Crippen molar-refractivity contribution >= 4 is 7.12 Å². The van der Waals surface area contributed by atoms with E-state index < -0.39 is 7.12 Å². The highest BCUT2D eigenvalue weighted by atomic mass is 16.5. The van der Waals surface area contributed by atoms with Crippen molar-refractivity contribution in [3.8, 4) is 0 Å². The molecule has 0 aliphatic carbocycles. The highest BCUT2D eigenvalue weighted by Crippen LogP contribution is 2.00. The Hall–Kier alpha value is -0.0551. The molecule has 60 valence electrons. The van der Waals surface area contributed by atoms with Crippen LogP contribution in [0, 0.1) is 0 Å². The zero-order valence-corrected chi connectivity index (χ0v) is 6.42. The zero-order chi connectivity index (χ0) is 7.82. The highest BCUT2D eigenvalue weighted by Gasteiger charge is 2.03. The molecule has 0 radical (unpaired) electrons. The van der Waals surface area contributed by atoms with E-state index >= 15 is 0 Å². The molecule has 0 atom stereocenters. The molecule has 0 aliphatic rings. The van der Waals surface area contributed by atoms with Crippen LogP contribution >= 0.6 is 0 Å². The van der Waals surface area contributed by atoms with Crippen molar-refractivity contribution in [2.24, 2.45) is 0 Å². The first-order valence-corrected chi connectivity index (χ1v) is 3.62. The van der Waals surface area contributed by atoms with Gasteiger partial charge in [0.05, 0.1) is 0 Å². The van der Waals surface area contributed by atoms with Gasteiger partial charge >= 0.3 is 7.12 Å². The number of methoxy groups -OCH3 is 1. The topological polar surface area (TPSA) is 49.7 Å². The van der Waals surface area contributed by atoms with E-state index in [9.17, 15) is 0 Å². The average Bonchev–Trinajstić information content (AvgIpc) is 1.87. The van der Waals surface area contributed by atoms with E-state index in [4.69, 9.17) is 14.8 Å². The number of rotatable bonds is 6. The maximum atomic E-state index is 8.43. The number of hydrogen-bond acceptors (Lipinski definition) is 3. The minimum absolute atomic E-state index is 0.476. The molecule has 0 unspecified atom stereocenters. The lowest BCUT2D eigenvalue weighted by Crippen LogP contribution is -2.09. The van der Waals surface area contributed by atoms with Crippen molar-refractivity contribution in [3.63, 3.8) is 0 Å². The van der Waals surface area contributed by atoms with Crippen molar-refractivity contribution in [3.05, 3.63) is 0 Å². The molecule has 0 aliphatic heterocycles. The summed E-state index contributed by atoms with van der Waals surface area (Å²) >= 11 is 0. The van der Waals surface area contributed by atoms with Gasteiger partial charge in [0.1, 0.15) is 0 Å². The van der Waals surface area contributed by atoms with Crippen LogP contribution in [0.2, 0.25) is 6.32 Å². The van der Waals surface area contributed by atoms with Gasteiger partial charge in [0.25, 0.3) is 0 Å². The first-order chi connectivity index (χ1) is 4.77. The first kappa shape index (κ1) is 9.94. The van der Waals surface area contributed by atoms with Crippen LogP contribution in [0.15, 0.2) is 0 Å². The smallest absolute Gasteiger partial charge is 0.427 e. The molecular weight excluding hydrogens is 131 g/mol. The number of unbranched alkanes of at least 4 members (excludes halogenated alkanes) is 2. The van der Waals surface area contributed by atoms with E-state index in [1.807, 2.05) is 0 Å². The van der Waals surface area contributed by atoms with Crippen molar-refractivity contribution < 1.29 is 14.8 Å². The van der Waals surface area contributed by atoms with Crippen LogP contribution in [0.4, 0.5) is 0 Å². The molecule has 2 N–H and O–H groups in total. The molecule has 0 aromatic rings. The first-order valence-electron chi connectivity index (χ1n) is 3.62. The van der Waals surface area contributed by atoms with Crippen molar-refractivity contribution in [2.45, 2.75) is 25.6 Å². The predicted molar refractivity (Wildman–Crippen MR) is 40.7 cm³/mol. The molecule has 0 aromatic carbocycles. The lowest BCUT2D eigenvalue weighted by Gasteiger charge is -1.98. The van der Waals surface area contributed by atoms with Crippen LogP contribution in [0.3, 0.4) is 0 Å². The Bertz CT molecular complexity index is 68.0. The van der Waals surface area contributed by atoms with Crippen LogP contribution in [0.25, 0.3) is 0 Å². The molecule has 0 rings (SSSR count). The van der Waals surface area contributed by atoms with E-state index in [0.717, 1.165) is 25.9 Å². The van der Waals surface area contributed by atoms with E-state index in [1.54, 1.807) is 7.11 Å². The summed E-state index contributed by atoms with van der Waals surface area (Å²) in [6, 6.07) is 0. The van der Waals surface area contributed by atoms with Gasteiger partial charge in [-0.1, -0.05) is 12.8 Å². The van der Waals surface area contributed by atoms with Crippen molar-refractivity contribution in [2.75, 3.05) is 13.7 Å². The summed E-state index contributed by atoms with van der Waals surface area (Å²) in [6.45, 7) is 0.765. The molecule has 0 saturated heterocycles. The predicted octanol–water partition coefficient (Wildman–Crippen LogP) is 0.276. The molecule has 0 saturated carbocycles. The minimum Gasteiger partial charge on any atom is -0.427 e. The van der Waals surface area contributed by atoms with Gasteiger partial charge in [-0.3, -0.25) is 0 Å². The number of ether oxygens (including phenoxy) is 1.